The van der Waals surface area contributed by atoms with Crippen molar-refractivity contribution in [3.8, 4) is 11.5 Å². The zero-order valence-corrected chi connectivity index (χ0v) is 11.4. The molecule has 19 heavy (non-hydrogen) atoms. The van der Waals surface area contributed by atoms with E-state index in [9.17, 15) is 0 Å². The molecule has 0 unspecified atom stereocenters. The molecule has 2 rings (SSSR count). The first kappa shape index (κ1) is 13.9. The summed E-state index contributed by atoms with van der Waals surface area (Å²) in [6.07, 6.45) is 1.13. The van der Waals surface area contributed by atoms with Crippen LogP contribution in [0.3, 0.4) is 0 Å². The molecule has 4 nitrogen and oxygen atoms in total. The van der Waals surface area contributed by atoms with Crippen molar-refractivity contribution in [2.24, 2.45) is 0 Å². The van der Waals surface area contributed by atoms with E-state index in [1.54, 1.807) is 0 Å². The van der Waals surface area contributed by atoms with Gasteiger partial charge in [0.15, 0.2) is 11.5 Å². The minimum absolute atomic E-state index is 0.305. The van der Waals surface area contributed by atoms with Crippen molar-refractivity contribution in [3.05, 3.63) is 35.9 Å². The summed E-state index contributed by atoms with van der Waals surface area (Å²) < 4.78 is 16.2. The molecule has 0 radical (unpaired) electrons. The van der Waals surface area contributed by atoms with Crippen LogP contribution in [-0.2, 0) is 11.3 Å². The Morgan fingerprint density at radius 2 is 2.21 bits per heavy atom. The maximum Gasteiger partial charge on any atom is 0.231 e. The molecule has 104 valence electrons. The van der Waals surface area contributed by atoms with E-state index in [-0.39, 0.29) is 0 Å². The van der Waals surface area contributed by atoms with Gasteiger partial charge in [-0.1, -0.05) is 19.6 Å². The number of ether oxygens (including phenoxy) is 3. The molecule has 1 aliphatic heterocycles. The van der Waals surface area contributed by atoms with Crippen LogP contribution in [0.1, 0.15) is 18.9 Å². The van der Waals surface area contributed by atoms with Gasteiger partial charge < -0.3 is 19.5 Å². The topological polar surface area (TPSA) is 39.7 Å². The molecule has 0 aliphatic carbocycles. The van der Waals surface area contributed by atoms with Crippen molar-refractivity contribution in [3.63, 3.8) is 0 Å². The van der Waals surface area contributed by atoms with E-state index >= 15 is 0 Å². The minimum atomic E-state index is 0.305. The monoisotopic (exact) mass is 263 g/mol. The average molecular weight is 263 g/mol. The molecular weight excluding hydrogens is 242 g/mol. The highest BCUT2D eigenvalue weighted by Crippen LogP contribution is 2.32. The number of nitrogens with one attached hydrogen (secondary N) is 1. The van der Waals surface area contributed by atoms with Crippen molar-refractivity contribution in [1.29, 1.82) is 0 Å². The van der Waals surface area contributed by atoms with Crippen LogP contribution in [0.5, 0.6) is 11.5 Å². The lowest BCUT2D eigenvalue weighted by atomic mass is 10.2. The zero-order chi connectivity index (χ0) is 13.5. The van der Waals surface area contributed by atoms with Crippen LogP contribution < -0.4 is 14.8 Å². The van der Waals surface area contributed by atoms with Gasteiger partial charge >= 0.3 is 0 Å². The summed E-state index contributed by atoms with van der Waals surface area (Å²) in [4.78, 5) is 0. The molecule has 0 atom stereocenters. The third-order valence-electron chi connectivity index (χ3n) is 2.81. The van der Waals surface area contributed by atoms with E-state index in [0.717, 1.165) is 42.1 Å². The fraction of sp³-hybridized carbons (Fsp3) is 0.467. The molecule has 1 N–H and O–H groups in total. The Morgan fingerprint density at radius 1 is 1.37 bits per heavy atom. The second-order valence-electron chi connectivity index (χ2n) is 4.61. The summed E-state index contributed by atoms with van der Waals surface area (Å²) in [6, 6.07) is 5.87. The number of benzene rings is 1. The zero-order valence-electron chi connectivity index (χ0n) is 11.4. The normalized spacial score (nSPS) is 12.7. The van der Waals surface area contributed by atoms with Gasteiger partial charge in [-0.3, -0.25) is 0 Å². The predicted octanol–water partition coefficient (Wildman–Crippen LogP) is 2.49. The summed E-state index contributed by atoms with van der Waals surface area (Å²) in [6.45, 7) is 9.40. The minimum Gasteiger partial charge on any atom is -0.454 e. The Morgan fingerprint density at radius 3 is 3.05 bits per heavy atom. The Hall–Kier alpha value is -1.52. The fourth-order valence-electron chi connectivity index (χ4n) is 1.84. The summed E-state index contributed by atoms with van der Waals surface area (Å²) >= 11 is 0. The smallest absolute Gasteiger partial charge is 0.231 e. The van der Waals surface area contributed by atoms with E-state index in [2.05, 4.69) is 18.8 Å². The van der Waals surface area contributed by atoms with Crippen molar-refractivity contribution in [2.45, 2.75) is 20.0 Å². The van der Waals surface area contributed by atoms with Gasteiger partial charge in [0.1, 0.15) is 0 Å². The first-order valence-electron chi connectivity index (χ1n) is 6.63. The largest absolute Gasteiger partial charge is 0.454 e. The molecule has 0 bridgehead atoms. The van der Waals surface area contributed by atoms with E-state index in [1.165, 1.54) is 0 Å². The van der Waals surface area contributed by atoms with Crippen LogP contribution in [0.2, 0.25) is 0 Å². The van der Waals surface area contributed by atoms with Crippen LogP contribution in [-0.4, -0.2) is 26.5 Å². The van der Waals surface area contributed by atoms with Gasteiger partial charge in [0, 0.05) is 6.54 Å². The molecule has 1 heterocycles. The maximum absolute atomic E-state index is 5.64. The fourth-order valence-corrected chi connectivity index (χ4v) is 1.84. The van der Waals surface area contributed by atoms with Crippen molar-refractivity contribution >= 4 is 0 Å². The SMILES string of the molecule is C=C(CNCCC)COCc1ccc2c(c1)OCO2. The molecule has 0 spiro atoms. The molecule has 0 aromatic heterocycles. The lowest BCUT2D eigenvalue weighted by Crippen LogP contribution is -2.19. The summed E-state index contributed by atoms with van der Waals surface area (Å²) in [5, 5.41) is 3.30. The van der Waals surface area contributed by atoms with Gasteiger partial charge in [0.25, 0.3) is 0 Å². The Kier molecular flexibility index (Phi) is 5.24. The van der Waals surface area contributed by atoms with E-state index in [1.807, 2.05) is 18.2 Å². The van der Waals surface area contributed by atoms with Gasteiger partial charge in [-0.2, -0.15) is 0 Å². The Bertz CT molecular complexity index is 431. The molecule has 0 fully saturated rings. The highest BCUT2D eigenvalue weighted by Gasteiger charge is 2.12. The van der Waals surface area contributed by atoms with Crippen molar-refractivity contribution < 1.29 is 14.2 Å². The first-order chi connectivity index (χ1) is 9.29. The van der Waals surface area contributed by atoms with Crippen LogP contribution in [0.4, 0.5) is 0 Å². The molecule has 0 saturated carbocycles. The highest BCUT2D eigenvalue weighted by atomic mass is 16.7. The average Bonchev–Trinajstić information content (AvgIpc) is 2.86. The molecule has 0 saturated heterocycles. The Labute approximate surface area is 114 Å². The van der Waals surface area contributed by atoms with Crippen molar-refractivity contribution in [2.75, 3.05) is 26.5 Å². The number of hydrogen-bond acceptors (Lipinski definition) is 4. The van der Waals surface area contributed by atoms with Gasteiger partial charge in [0.2, 0.25) is 6.79 Å². The summed E-state index contributed by atoms with van der Waals surface area (Å²) in [5.74, 6) is 1.60. The van der Waals surface area contributed by atoms with Crippen LogP contribution in [0, 0.1) is 0 Å². The second kappa shape index (κ2) is 7.16. The third kappa shape index (κ3) is 4.26. The maximum atomic E-state index is 5.64. The quantitative estimate of drug-likeness (QED) is 0.578. The first-order valence-corrected chi connectivity index (χ1v) is 6.63. The lowest BCUT2D eigenvalue weighted by molar-refractivity contribution is 0.141. The van der Waals surface area contributed by atoms with Crippen LogP contribution in [0.25, 0.3) is 0 Å². The van der Waals surface area contributed by atoms with Gasteiger partial charge in [0.05, 0.1) is 13.2 Å². The van der Waals surface area contributed by atoms with E-state index in [4.69, 9.17) is 14.2 Å². The van der Waals surface area contributed by atoms with E-state index < -0.39 is 0 Å². The third-order valence-corrected chi connectivity index (χ3v) is 2.81. The number of fused-ring (bicyclic) bond motifs is 1. The standard InChI is InChI=1S/C15H21NO3/c1-3-6-16-8-12(2)9-17-10-13-4-5-14-15(7-13)19-11-18-14/h4-5,7,16H,2-3,6,8-11H2,1H3. The lowest BCUT2D eigenvalue weighted by Gasteiger charge is -2.08. The van der Waals surface area contributed by atoms with E-state index in [0.29, 0.717) is 20.0 Å². The number of hydrogen-bond donors (Lipinski definition) is 1. The van der Waals surface area contributed by atoms with Gasteiger partial charge in [-0.25, -0.2) is 0 Å². The molecule has 1 aromatic carbocycles. The number of rotatable bonds is 8. The summed E-state index contributed by atoms with van der Waals surface area (Å²) in [5.41, 5.74) is 2.15. The van der Waals surface area contributed by atoms with Gasteiger partial charge in [-0.15, -0.1) is 0 Å². The van der Waals surface area contributed by atoms with Crippen LogP contribution >= 0.6 is 0 Å². The molecule has 0 amide bonds. The van der Waals surface area contributed by atoms with Crippen molar-refractivity contribution in [1.82, 2.24) is 5.32 Å². The summed E-state index contributed by atoms with van der Waals surface area (Å²) in [7, 11) is 0. The Balaban J connectivity index is 1.69. The molecule has 4 heteroatoms. The van der Waals surface area contributed by atoms with Gasteiger partial charge in [-0.05, 0) is 36.2 Å². The highest BCUT2D eigenvalue weighted by molar-refractivity contribution is 5.44. The predicted molar refractivity (Wildman–Crippen MR) is 74.5 cm³/mol. The molecular formula is C15H21NO3. The molecule has 1 aromatic rings. The van der Waals surface area contributed by atoms with Crippen LogP contribution in [0.15, 0.2) is 30.4 Å². The molecule has 1 aliphatic rings. The second-order valence-corrected chi connectivity index (χ2v) is 4.61.